The van der Waals surface area contributed by atoms with Crippen LogP contribution in [0.2, 0.25) is 10.0 Å². The average Bonchev–Trinajstić information content (AvgIpc) is 2.80. The van der Waals surface area contributed by atoms with Crippen molar-refractivity contribution in [1.82, 2.24) is 5.32 Å². The Bertz CT molecular complexity index is 1360. The summed E-state index contributed by atoms with van der Waals surface area (Å²) in [6.45, 7) is 0. The predicted molar refractivity (Wildman–Crippen MR) is 128 cm³/mol. The summed E-state index contributed by atoms with van der Waals surface area (Å²) in [6.07, 6.45) is 1.67. The number of carbonyl (C=O) groups is 3. The molecule has 9 heteroatoms. The number of carbonyl (C=O) groups excluding carboxylic acids is 3. The molecule has 0 aromatic heterocycles. The van der Waals surface area contributed by atoms with E-state index in [2.05, 4.69) is 5.32 Å². The van der Waals surface area contributed by atoms with Crippen molar-refractivity contribution in [2.24, 2.45) is 0 Å². The molecule has 3 aromatic carbocycles. The number of imide groups is 2. The van der Waals surface area contributed by atoms with E-state index in [9.17, 15) is 18.8 Å². The highest BCUT2D eigenvalue weighted by atomic mass is 35.5. The zero-order valence-electron chi connectivity index (χ0n) is 17.8. The molecule has 6 nitrogen and oxygen atoms in total. The number of nitrogens with one attached hydrogen (secondary N) is 1. The number of amides is 4. The highest BCUT2D eigenvalue weighted by molar-refractivity contribution is 6.39. The van der Waals surface area contributed by atoms with Gasteiger partial charge in [-0.15, -0.1) is 0 Å². The second-order valence-electron chi connectivity index (χ2n) is 7.36. The Morgan fingerprint density at radius 3 is 2.41 bits per heavy atom. The lowest BCUT2D eigenvalue weighted by Gasteiger charge is -2.26. The topological polar surface area (TPSA) is 75.7 Å². The molecule has 0 spiro atoms. The Morgan fingerprint density at radius 1 is 1.00 bits per heavy atom. The normalized spacial score (nSPS) is 15.0. The number of urea groups is 1. The minimum Gasteiger partial charge on any atom is -0.496 e. The van der Waals surface area contributed by atoms with Crippen molar-refractivity contribution in [3.63, 3.8) is 0 Å². The van der Waals surface area contributed by atoms with Crippen LogP contribution in [-0.4, -0.2) is 25.0 Å². The van der Waals surface area contributed by atoms with Crippen molar-refractivity contribution in [2.75, 3.05) is 12.0 Å². The van der Waals surface area contributed by atoms with Gasteiger partial charge in [0.2, 0.25) is 0 Å². The molecule has 4 amide bonds. The quantitative estimate of drug-likeness (QED) is 0.377. The van der Waals surface area contributed by atoms with Gasteiger partial charge in [-0.3, -0.25) is 14.9 Å². The molecule has 1 aliphatic heterocycles. The minimum atomic E-state index is -1.04. The third-order valence-electron chi connectivity index (χ3n) is 5.23. The zero-order chi connectivity index (χ0) is 24.4. The fraction of sp³-hybridized carbons (Fsp3) is 0.0800. The number of anilines is 1. The lowest BCUT2D eigenvalue weighted by atomic mass is 10.00. The number of benzene rings is 3. The van der Waals surface area contributed by atoms with E-state index in [1.54, 1.807) is 18.2 Å². The first kappa shape index (κ1) is 23.5. The lowest BCUT2D eigenvalue weighted by Crippen LogP contribution is -2.54. The van der Waals surface area contributed by atoms with Gasteiger partial charge in [-0.2, -0.15) is 0 Å². The lowest BCUT2D eigenvalue weighted by molar-refractivity contribution is -0.122. The monoisotopic (exact) mass is 498 g/mol. The number of para-hydroxylation sites is 1. The summed E-state index contributed by atoms with van der Waals surface area (Å²) in [5.41, 5.74) is 1.26. The number of rotatable bonds is 5. The molecule has 1 N–H and O–H groups in total. The molecular weight excluding hydrogens is 482 g/mol. The van der Waals surface area contributed by atoms with Crippen molar-refractivity contribution >= 4 is 52.8 Å². The van der Waals surface area contributed by atoms with Gasteiger partial charge in [0.1, 0.15) is 17.1 Å². The van der Waals surface area contributed by atoms with E-state index in [0.717, 1.165) is 11.6 Å². The molecule has 4 rings (SSSR count). The number of hydrogen-bond donors (Lipinski definition) is 1. The maximum Gasteiger partial charge on any atom is 0.336 e. The maximum absolute atomic E-state index is 14.3. The molecular formula is C25H17Cl2FN2O4. The standard InChI is InChI=1S/C25H17Cl2FN2O4/c1-34-22-12-14(11-19(27)16(22)13-15-6-2-3-7-18(15)26)10-17-23(31)29-25(33)30(24(17)32)21-9-5-4-8-20(21)28/h2-12H,13H2,1H3,(H,29,31,33)/b17-10-. The van der Waals surface area contributed by atoms with Crippen LogP contribution in [0.4, 0.5) is 14.9 Å². The third-order valence-corrected chi connectivity index (χ3v) is 5.93. The SMILES string of the molecule is COc1cc(/C=C2/C(=O)NC(=O)N(c3ccccc3F)C2=O)cc(Cl)c1Cc1ccccc1Cl. The van der Waals surface area contributed by atoms with Crippen LogP contribution in [0.25, 0.3) is 6.08 Å². The fourth-order valence-electron chi connectivity index (χ4n) is 3.58. The number of hydrogen-bond acceptors (Lipinski definition) is 4. The van der Waals surface area contributed by atoms with Crippen molar-refractivity contribution in [2.45, 2.75) is 6.42 Å². The Labute approximate surface area is 204 Å². The summed E-state index contributed by atoms with van der Waals surface area (Å²) in [4.78, 5) is 38.3. The van der Waals surface area contributed by atoms with E-state index in [1.807, 2.05) is 18.2 Å². The minimum absolute atomic E-state index is 0.269. The number of nitrogens with zero attached hydrogens (tertiary/aromatic N) is 1. The predicted octanol–water partition coefficient (Wildman–Crippen LogP) is 5.40. The molecule has 1 heterocycles. The molecule has 1 fully saturated rings. The maximum atomic E-state index is 14.3. The average molecular weight is 499 g/mol. The molecule has 0 radical (unpaired) electrons. The van der Waals surface area contributed by atoms with Gasteiger partial charge in [0.15, 0.2) is 0 Å². The Kier molecular flexibility index (Phi) is 6.68. The van der Waals surface area contributed by atoms with Crippen LogP contribution in [0.5, 0.6) is 5.75 Å². The van der Waals surface area contributed by atoms with Gasteiger partial charge in [-0.1, -0.05) is 53.5 Å². The second-order valence-corrected chi connectivity index (χ2v) is 8.18. The van der Waals surface area contributed by atoms with Crippen LogP contribution >= 0.6 is 23.2 Å². The van der Waals surface area contributed by atoms with Crippen LogP contribution in [0.3, 0.4) is 0 Å². The summed E-state index contributed by atoms with van der Waals surface area (Å²) >= 11 is 12.8. The first-order valence-electron chi connectivity index (χ1n) is 10.1. The van der Waals surface area contributed by atoms with Gasteiger partial charge in [0.25, 0.3) is 11.8 Å². The van der Waals surface area contributed by atoms with Crippen molar-refractivity contribution < 1.29 is 23.5 Å². The van der Waals surface area contributed by atoms with E-state index in [1.165, 1.54) is 31.4 Å². The number of methoxy groups -OCH3 is 1. The van der Waals surface area contributed by atoms with Crippen LogP contribution in [-0.2, 0) is 16.0 Å². The molecule has 172 valence electrons. The zero-order valence-corrected chi connectivity index (χ0v) is 19.3. The van der Waals surface area contributed by atoms with Gasteiger partial charge >= 0.3 is 6.03 Å². The molecule has 0 aliphatic carbocycles. The van der Waals surface area contributed by atoms with Crippen LogP contribution in [0.15, 0.2) is 66.2 Å². The van der Waals surface area contributed by atoms with Crippen LogP contribution in [0.1, 0.15) is 16.7 Å². The summed E-state index contributed by atoms with van der Waals surface area (Å²) in [7, 11) is 1.47. The molecule has 0 atom stereocenters. The molecule has 0 unspecified atom stereocenters. The van der Waals surface area contributed by atoms with Gasteiger partial charge < -0.3 is 4.74 Å². The molecule has 3 aromatic rings. The van der Waals surface area contributed by atoms with Gasteiger partial charge in [-0.05, 0) is 47.5 Å². The fourth-order valence-corrected chi connectivity index (χ4v) is 4.06. The van der Waals surface area contributed by atoms with Crippen LogP contribution < -0.4 is 15.0 Å². The molecule has 1 aliphatic rings. The highest BCUT2D eigenvalue weighted by Crippen LogP contribution is 2.34. The highest BCUT2D eigenvalue weighted by Gasteiger charge is 2.38. The van der Waals surface area contributed by atoms with Gasteiger partial charge in [-0.25, -0.2) is 14.1 Å². The van der Waals surface area contributed by atoms with E-state index < -0.39 is 23.7 Å². The number of ether oxygens (including phenoxy) is 1. The van der Waals surface area contributed by atoms with E-state index in [4.69, 9.17) is 27.9 Å². The number of barbiturate groups is 1. The van der Waals surface area contributed by atoms with E-state index in [0.29, 0.717) is 38.2 Å². The first-order chi connectivity index (χ1) is 16.3. The first-order valence-corrected chi connectivity index (χ1v) is 10.8. The Morgan fingerprint density at radius 2 is 1.71 bits per heavy atom. The Balaban J connectivity index is 1.73. The summed E-state index contributed by atoms with van der Waals surface area (Å²) in [6, 6.07) is 14.7. The third kappa shape index (κ3) is 4.53. The molecule has 34 heavy (non-hydrogen) atoms. The summed E-state index contributed by atoms with van der Waals surface area (Å²) in [5, 5.41) is 2.97. The summed E-state index contributed by atoms with van der Waals surface area (Å²) in [5.74, 6) is -2.23. The van der Waals surface area contributed by atoms with Gasteiger partial charge in [0.05, 0.1) is 12.8 Å². The number of halogens is 3. The van der Waals surface area contributed by atoms with Crippen molar-refractivity contribution in [1.29, 1.82) is 0 Å². The van der Waals surface area contributed by atoms with Gasteiger partial charge in [0, 0.05) is 22.0 Å². The molecule has 1 saturated heterocycles. The summed E-state index contributed by atoms with van der Waals surface area (Å²) < 4.78 is 19.7. The largest absolute Gasteiger partial charge is 0.496 e. The molecule has 0 saturated carbocycles. The van der Waals surface area contributed by atoms with E-state index in [-0.39, 0.29) is 11.3 Å². The molecule has 0 bridgehead atoms. The van der Waals surface area contributed by atoms with Crippen LogP contribution in [0, 0.1) is 5.82 Å². The van der Waals surface area contributed by atoms with Crippen molar-refractivity contribution in [3.8, 4) is 5.75 Å². The van der Waals surface area contributed by atoms with Crippen molar-refractivity contribution in [3.05, 3.63) is 98.8 Å². The Hall–Kier alpha value is -3.68. The smallest absolute Gasteiger partial charge is 0.336 e. The second kappa shape index (κ2) is 9.67. The van der Waals surface area contributed by atoms with E-state index >= 15 is 0 Å².